The average Bonchev–Trinajstić information content (AvgIpc) is 1.98. The van der Waals surface area contributed by atoms with Crippen molar-refractivity contribution in [2.45, 2.75) is 139 Å². The van der Waals surface area contributed by atoms with Gasteiger partial charge in [-0.05, 0) is 79.1 Å². The van der Waals surface area contributed by atoms with Crippen molar-refractivity contribution in [2.75, 3.05) is 19.8 Å². The number of aliphatic hydroxyl groups is 3. The zero-order chi connectivity index (χ0) is 69.2. The van der Waals surface area contributed by atoms with Crippen molar-refractivity contribution < 1.29 is 93.3 Å². The summed E-state index contributed by atoms with van der Waals surface area (Å²) in [6, 6.07) is -0.0815. The van der Waals surface area contributed by atoms with Crippen LogP contribution in [0.15, 0.2) is 79.0 Å². The second-order valence-corrected chi connectivity index (χ2v) is 22.2. The molecule has 3 aromatic carbocycles. The van der Waals surface area contributed by atoms with Gasteiger partial charge < -0.3 is 111 Å². The molecule has 0 aliphatic carbocycles. The molecule has 34 nitrogen and oxygen atoms in total. The number of phenols is 2. The maximum absolute atomic E-state index is 14.8. The number of aromatic nitrogens is 1. The topological polar surface area (TPSA) is 584 Å². The van der Waals surface area contributed by atoms with Crippen molar-refractivity contribution in [3.8, 4) is 11.5 Å². The van der Waals surface area contributed by atoms with Crippen LogP contribution >= 0.6 is 0 Å². The van der Waals surface area contributed by atoms with Crippen LogP contribution < -0.4 is 70.4 Å². The highest BCUT2D eigenvalue weighted by Gasteiger charge is 2.37. The summed E-state index contributed by atoms with van der Waals surface area (Å²) >= 11 is 0. The number of hydrogen-bond acceptors (Lipinski definition) is 19. The van der Waals surface area contributed by atoms with Crippen molar-refractivity contribution in [3.05, 3.63) is 95.7 Å². The van der Waals surface area contributed by atoms with Gasteiger partial charge >= 0.3 is 11.9 Å². The lowest BCUT2D eigenvalue weighted by Crippen LogP contribution is -2.62. The Bertz CT molecular complexity index is 3290. The Labute approximate surface area is 531 Å². The van der Waals surface area contributed by atoms with E-state index in [4.69, 9.17) is 22.6 Å². The molecule has 93 heavy (non-hydrogen) atoms. The molecular weight excluding hydrogens is 1220 g/mol. The molecule has 0 saturated heterocycles. The van der Waals surface area contributed by atoms with E-state index >= 15 is 0 Å². The molecule has 1 heterocycles. The standard InChI is InChI=1S/C59H81N15O19/c1-28(2)19-38(50(84)73-45(27-76)57(91)74-48(29(3)77)58(92)93)67-53(87)41(22-32-25-65-37-9-5-4-7-35(32)37)70-51(85)39(20-30-10-14-33(78)15-11-30)69-56(90)44(26-75)72-52(86)40(21-31-12-16-34(79)17-13-31)68-55(89)43(24-47(81)82)71-54(88)42(23-46(61)80)66-49(83)36(60)8-6-18-64-59(62)63/h4-5,7,9-17,25,28-29,36,38-45,48,65,75-79H,6,8,18-24,26-27,60H2,1-3H3,(H2,61,80)(H,66,83)(H,67,87)(H,68,89)(H,69,90)(H,70,85)(H,71,88)(H,72,86)(H,73,84)(H,74,91)(H,81,82)(H,92,93)(H4,62,63,64)/t29-,36+,38+,39+,40+,41+,42-,43+,44+,45+,48+/m1/s1. The lowest BCUT2D eigenvalue weighted by Gasteiger charge is -2.28. The molecule has 4 rings (SSSR count). The molecule has 0 aliphatic rings. The maximum atomic E-state index is 14.8. The SMILES string of the molecule is CC(C)C[C@H](NC(=O)[C@H](Cc1c[nH]c2ccccc12)NC(=O)[C@H](Cc1ccc(O)cc1)NC(=O)[C@H](CO)NC(=O)[C@H](Cc1ccc(O)cc1)NC(=O)[C@H](CC(=O)O)NC(=O)[C@@H](CC(N)=O)NC(=O)[C@@H](N)CCCNC(=N)N)C(=O)N[C@@H](CO)C(=O)N[C@H](C(=O)O)[C@@H](C)O. The number of carbonyl (C=O) groups is 12. The number of benzene rings is 3. The van der Waals surface area contributed by atoms with Crippen molar-refractivity contribution in [1.82, 2.24) is 58.2 Å². The molecule has 0 bridgehead atoms. The molecule has 0 fully saturated rings. The van der Waals surface area contributed by atoms with Crippen LogP contribution in [0.2, 0.25) is 0 Å². The Hall–Kier alpha value is -10.4. The van der Waals surface area contributed by atoms with Gasteiger partial charge in [-0.1, -0.05) is 56.3 Å². The fourth-order valence-electron chi connectivity index (χ4n) is 9.27. The van der Waals surface area contributed by atoms with Gasteiger partial charge in [-0.2, -0.15) is 0 Å². The highest BCUT2D eigenvalue weighted by Crippen LogP contribution is 2.21. The predicted octanol–water partition coefficient (Wildman–Crippen LogP) is -5.59. The summed E-state index contributed by atoms with van der Waals surface area (Å²) in [6.07, 6.45) is -3.13. The van der Waals surface area contributed by atoms with E-state index in [1.807, 2.05) is 5.32 Å². The summed E-state index contributed by atoms with van der Waals surface area (Å²) in [5.41, 5.74) is 18.2. The molecule has 10 amide bonds. The first-order chi connectivity index (χ1) is 43.9. The number of fused-ring (bicyclic) bond motifs is 1. The average molecular weight is 1300 g/mol. The molecule has 0 aliphatic heterocycles. The summed E-state index contributed by atoms with van der Waals surface area (Å²) in [5.74, 6) is -15.8. The summed E-state index contributed by atoms with van der Waals surface area (Å²) < 4.78 is 0. The van der Waals surface area contributed by atoms with Gasteiger partial charge in [0.15, 0.2) is 12.0 Å². The number of aliphatic hydroxyl groups excluding tert-OH is 3. The first-order valence-corrected chi connectivity index (χ1v) is 29.2. The summed E-state index contributed by atoms with van der Waals surface area (Å²) in [7, 11) is 0. The van der Waals surface area contributed by atoms with E-state index in [2.05, 4.69) is 52.8 Å². The first-order valence-electron chi connectivity index (χ1n) is 29.2. The van der Waals surface area contributed by atoms with E-state index in [1.54, 1.807) is 44.3 Å². The number of carbonyl (C=O) groups excluding carboxylic acids is 10. The van der Waals surface area contributed by atoms with Gasteiger partial charge in [0.1, 0.15) is 59.8 Å². The van der Waals surface area contributed by atoms with Crippen molar-refractivity contribution in [3.63, 3.8) is 0 Å². The third kappa shape index (κ3) is 24.7. The third-order valence-corrected chi connectivity index (χ3v) is 14.2. The van der Waals surface area contributed by atoms with Crippen LogP contribution in [-0.4, -0.2) is 204 Å². The third-order valence-electron chi connectivity index (χ3n) is 14.2. The van der Waals surface area contributed by atoms with E-state index in [-0.39, 0.29) is 61.2 Å². The Morgan fingerprint density at radius 2 is 0.935 bits per heavy atom. The zero-order valence-corrected chi connectivity index (χ0v) is 51.0. The first kappa shape index (κ1) is 75.0. The van der Waals surface area contributed by atoms with Gasteiger partial charge in [0, 0.05) is 42.9 Å². The number of hydrogen-bond donors (Lipinski definition) is 22. The Kier molecular flexibility index (Phi) is 29.4. The molecule has 34 heteroatoms. The summed E-state index contributed by atoms with van der Waals surface area (Å²) in [5, 5.41) is 102. The maximum Gasteiger partial charge on any atom is 0.328 e. The Morgan fingerprint density at radius 3 is 1.39 bits per heavy atom. The second-order valence-electron chi connectivity index (χ2n) is 22.2. The molecule has 4 aromatic rings. The van der Waals surface area contributed by atoms with E-state index in [0.717, 1.165) is 6.92 Å². The van der Waals surface area contributed by atoms with Gasteiger partial charge in [-0.15, -0.1) is 0 Å². The number of carboxylic acid groups (broad SMARTS) is 2. The van der Waals surface area contributed by atoms with E-state index in [1.165, 1.54) is 48.5 Å². The van der Waals surface area contributed by atoms with E-state index in [0.29, 0.717) is 22.0 Å². The van der Waals surface area contributed by atoms with E-state index < -0.39 is 176 Å². The predicted molar refractivity (Wildman–Crippen MR) is 329 cm³/mol. The van der Waals surface area contributed by atoms with Crippen LogP contribution in [0.1, 0.15) is 69.6 Å². The van der Waals surface area contributed by atoms with E-state index in [9.17, 15) is 93.3 Å². The number of aromatic hydroxyl groups is 2. The van der Waals surface area contributed by atoms with Gasteiger partial charge in [-0.25, -0.2) is 4.79 Å². The highest BCUT2D eigenvalue weighted by atomic mass is 16.4. The highest BCUT2D eigenvalue weighted by molar-refractivity contribution is 6.00. The number of aromatic amines is 1. The fraction of sp³-hybridized carbons (Fsp3) is 0.441. The van der Waals surface area contributed by atoms with Crippen LogP contribution in [-0.2, 0) is 76.8 Å². The van der Waals surface area contributed by atoms with Crippen LogP contribution in [0.25, 0.3) is 10.9 Å². The normalized spacial score (nSPS) is 14.7. The molecule has 0 radical (unpaired) electrons. The number of aliphatic carboxylic acids is 2. The largest absolute Gasteiger partial charge is 0.508 e. The smallest absolute Gasteiger partial charge is 0.328 e. The number of para-hydroxylation sites is 1. The van der Waals surface area contributed by atoms with Crippen molar-refractivity contribution in [1.29, 1.82) is 5.41 Å². The quantitative estimate of drug-likeness (QED) is 0.0113. The van der Waals surface area contributed by atoms with Gasteiger partial charge in [-0.3, -0.25) is 58.1 Å². The lowest BCUT2D eigenvalue weighted by molar-refractivity contribution is -0.145. The number of amides is 10. The van der Waals surface area contributed by atoms with Crippen LogP contribution in [0, 0.1) is 11.3 Å². The van der Waals surface area contributed by atoms with Crippen LogP contribution in [0.4, 0.5) is 0 Å². The molecule has 1 aromatic heterocycles. The molecule has 506 valence electrons. The van der Waals surface area contributed by atoms with Crippen molar-refractivity contribution in [2.24, 2.45) is 23.1 Å². The van der Waals surface area contributed by atoms with Gasteiger partial charge in [0.2, 0.25) is 59.1 Å². The number of guanidine groups is 1. The monoisotopic (exact) mass is 1300 g/mol. The number of nitrogens with two attached hydrogens (primary N) is 3. The molecule has 11 atom stereocenters. The van der Waals surface area contributed by atoms with Gasteiger partial charge in [0.25, 0.3) is 0 Å². The number of phenolic OH excluding ortho intramolecular Hbond substituents is 2. The lowest BCUT2D eigenvalue weighted by atomic mass is 9.99. The molecule has 0 unspecified atom stereocenters. The molecular formula is C59H81N15O19. The number of primary amides is 1. The minimum atomic E-state index is -2.06. The van der Waals surface area contributed by atoms with Crippen LogP contribution in [0.3, 0.4) is 0 Å². The second kappa shape index (κ2) is 36.4. The zero-order valence-electron chi connectivity index (χ0n) is 51.0. The molecule has 25 N–H and O–H groups in total. The fourth-order valence-corrected chi connectivity index (χ4v) is 9.27. The van der Waals surface area contributed by atoms with Gasteiger partial charge in [0.05, 0.1) is 38.2 Å². The van der Waals surface area contributed by atoms with Crippen molar-refractivity contribution >= 4 is 87.9 Å². The molecule has 0 spiro atoms. The Morgan fingerprint density at radius 1 is 0.527 bits per heavy atom. The Balaban J connectivity index is 1.67. The summed E-state index contributed by atoms with van der Waals surface area (Å²) in [6.45, 7) is 2.37. The minimum absolute atomic E-state index is 0.00561. The minimum Gasteiger partial charge on any atom is -0.508 e. The number of carboxylic acids is 2. The summed E-state index contributed by atoms with van der Waals surface area (Å²) in [4.78, 5) is 165. The number of nitrogens with one attached hydrogen (secondary N) is 12. The van der Waals surface area contributed by atoms with Crippen LogP contribution in [0.5, 0.6) is 11.5 Å². The number of rotatable bonds is 38. The number of H-pyrrole nitrogens is 1. The molecule has 0 saturated carbocycles.